The van der Waals surface area contributed by atoms with Crippen molar-refractivity contribution < 1.29 is 0 Å². The van der Waals surface area contributed by atoms with E-state index in [-0.39, 0.29) is 11.3 Å². The van der Waals surface area contributed by atoms with Gasteiger partial charge in [0.2, 0.25) is 0 Å². The van der Waals surface area contributed by atoms with Crippen LogP contribution in [-0.2, 0) is 0 Å². The summed E-state index contributed by atoms with van der Waals surface area (Å²) in [6.45, 7) is 2.05. The Balaban J connectivity index is 1.94. The van der Waals surface area contributed by atoms with Crippen LogP contribution in [0, 0.1) is 0 Å². The van der Waals surface area contributed by atoms with Crippen LogP contribution in [0.25, 0.3) is 10.2 Å². The van der Waals surface area contributed by atoms with Crippen molar-refractivity contribution in [2.24, 2.45) is 5.73 Å². The predicted octanol–water partition coefficient (Wildman–Crippen LogP) is 5.24. The topological polar surface area (TPSA) is 38.9 Å². The third kappa shape index (κ3) is 3.31. The van der Waals surface area contributed by atoms with Crippen molar-refractivity contribution in [1.82, 2.24) is 4.98 Å². The van der Waals surface area contributed by atoms with Gasteiger partial charge in [-0.3, -0.25) is 0 Å². The van der Waals surface area contributed by atoms with Crippen molar-refractivity contribution in [3.8, 4) is 0 Å². The molecule has 2 aromatic carbocycles. The van der Waals surface area contributed by atoms with Crippen molar-refractivity contribution in [3.05, 3.63) is 58.6 Å². The Morgan fingerprint density at radius 1 is 1.14 bits per heavy atom. The normalized spacial score (nSPS) is 14.2. The quantitative estimate of drug-likeness (QED) is 0.630. The number of nitrogens with zero attached hydrogens (tertiary/aromatic N) is 1. The van der Waals surface area contributed by atoms with Crippen LogP contribution >= 0.6 is 39.0 Å². The van der Waals surface area contributed by atoms with Crippen LogP contribution in [-0.4, -0.2) is 11.0 Å². The third-order valence-electron chi connectivity index (χ3n) is 3.19. The molecular weight excluding hydrogens is 364 g/mol. The van der Waals surface area contributed by atoms with E-state index in [1.807, 2.05) is 31.2 Å². The van der Waals surface area contributed by atoms with Gasteiger partial charge in [-0.15, -0.1) is 11.3 Å². The smallest absolute Gasteiger partial charge is 0.151 e. The molecule has 1 heterocycles. The molecule has 2 atom stereocenters. The summed E-state index contributed by atoms with van der Waals surface area (Å²) in [4.78, 5) is 4.70. The lowest BCUT2D eigenvalue weighted by atomic mass is 10.1. The van der Waals surface area contributed by atoms with E-state index in [0.29, 0.717) is 0 Å². The van der Waals surface area contributed by atoms with E-state index < -0.39 is 0 Å². The fraction of sp³-hybridized carbons (Fsp3) is 0.188. The molecule has 0 aliphatic carbocycles. The van der Waals surface area contributed by atoms with Gasteiger partial charge in [0.25, 0.3) is 0 Å². The summed E-state index contributed by atoms with van der Waals surface area (Å²) >= 11 is 7.09. The number of benzene rings is 2. The first kappa shape index (κ1) is 15.0. The van der Waals surface area contributed by atoms with E-state index in [4.69, 9.17) is 10.7 Å². The van der Waals surface area contributed by atoms with Crippen LogP contribution in [0.5, 0.6) is 0 Å². The molecule has 0 saturated carbocycles. The second-order valence-corrected chi connectivity index (χ2v) is 8.14. The summed E-state index contributed by atoms with van der Waals surface area (Å²) in [6, 6.07) is 16.5. The molecular formula is C16H15BrN2S2. The van der Waals surface area contributed by atoms with Crippen molar-refractivity contribution in [1.29, 1.82) is 0 Å². The van der Waals surface area contributed by atoms with Gasteiger partial charge in [-0.1, -0.05) is 58.0 Å². The Labute approximate surface area is 140 Å². The van der Waals surface area contributed by atoms with Gasteiger partial charge in [-0.25, -0.2) is 4.98 Å². The van der Waals surface area contributed by atoms with E-state index >= 15 is 0 Å². The number of hydrogen-bond acceptors (Lipinski definition) is 4. The SMILES string of the molecule is CC(N)C(Sc1nc2ccccc2s1)c1ccccc1Br. The largest absolute Gasteiger partial charge is 0.327 e. The van der Waals surface area contributed by atoms with E-state index in [2.05, 4.69) is 40.2 Å². The molecule has 0 aliphatic rings. The summed E-state index contributed by atoms with van der Waals surface area (Å²) in [5.74, 6) is 0. The summed E-state index contributed by atoms with van der Waals surface area (Å²) in [5, 5.41) is 0.182. The second-order valence-electron chi connectivity index (χ2n) is 4.87. The standard InChI is InChI=1S/C16H15BrN2S2/c1-10(18)15(11-6-2-3-7-12(11)17)21-16-19-13-8-4-5-9-14(13)20-16/h2-10,15H,18H2,1H3. The number of thiazole rings is 1. The van der Waals surface area contributed by atoms with Crippen molar-refractivity contribution in [2.75, 3.05) is 0 Å². The number of aromatic nitrogens is 1. The minimum absolute atomic E-state index is 0.0423. The average molecular weight is 379 g/mol. The molecule has 2 nitrogen and oxygen atoms in total. The van der Waals surface area contributed by atoms with Crippen LogP contribution in [0.15, 0.2) is 57.3 Å². The Kier molecular flexibility index (Phi) is 4.64. The molecule has 0 fully saturated rings. The maximum absolute atomic E-state index is 6.21. The predicted molar refractivity (Wildman–Crippen MR) is 96.0 cm³/mol. The van der Waals surface area contributed by atoms with Crippen LogP contribution in [0.3, 0.4) is 0 Å². The molecule has 3 aromatic rings. The van der Waals surface area contributed by atoms with Crippen LogP contribution in [0.4, 0.5) is 0 Å². The van der Waals surface area contributed by atoms with Crippen LogP contribution in [0.2, 0.25) is 0 Å². The number of halogens is 1. The lowest BCUT2D eigenvalue weighted by molar-refractivity contribution is 0.719. The van der Waals surface area contributed by atoms with Gasteiger partial charge in [-0.05, 0) is 30.7 Å². The summed E-state index contributed by atoms with van der Waals surface area (Å²) in [7, 11) is 0. The summed E-state index contributed by atoms with van der Waals surface area (Å²) < 4.78 is 3.38. The highest BCUT2D eigenvalue weighted by Gasteiger charge is 2.21. The molecule has 3 rings (SSSR count). The van der Waals surface area contributed by atoms with Gasteiger partial charge < -0.3 is 5.73 Å². The molecule has 108 valence electrons. The van der Waals surface area contributed by atoms with Gasteiger partial charge in [0, 0.05) is 10.5 Å². The lowest BCUT2D eigenvalue weighted by Crippen LogP contribution is -2.22. The zero-order chi connectivity index (χ0) is 14.8. The molecule has 0 spiro atoms. The molecule has 21 heavy (non-hydrogen) atoms. The van der Waals surface area contributed by atoms with Crippen molar-refractivity contribution in [3.63, 3.8) is 0 Å². The highest BCUT2D eigenvalue weighted by Crippen LogP contribution is 2.42. The van der Waals surface area contributed by atoms with Crippen molar-refractivity contribution >= 4 is 49.2 Å². The molecule has 0 radical (unpaired) electrons. The molecule has 0 aliphatic heterocycles. The van der Waals surface area contributed by atoms with Crippen LogP contribution < -0.4 is 5.73 Å². The average Bonchev–Trinajstić information content (AvgIpc) is 2.88. The first-order valence-electron chi connectivity index (χ1n) is 6.67. The Hall–Kier alpha value is -0.880. The summed E-state index contributed by atoms with van der Waals surface area (Å²) in [6.07, 6.45) is 0. The highest BCUT2D eigenvalue weighted by atomic mass is 79.9. The molecule has 0 bridgehead atoms. The lowest BCUT2D eigenvalue weighted by Gasteiger charge is -2.20. The first-order valence-corrected chi connectivity index (χ1v) is 9.16. The van der Waals surface area contributed by atoms with E-state index in [1.165, 1.54) is 10.3 Å². The van der Waals surface area contributed by atoms with E-state index in [1.54, 1.807) is 23.1 Å². The van der Waals surface area contributed by atoms with Gasteiger partial charge >= 0.3 is 0 Å². The summed E-state index contributed by atoms with van der Waals surface area (Å²) in [5.41, 5.74) is 8.49. The number of rotatable bonds is 4. The van der Waals surface area contributed by atoms with Gasteiger partial charge in [-0.2, -0.15) is 0 Å². The number of para-hydroxylation sites is 1. The minimum Gasteiger partial charge on any atom is -0.327 e. The first-order chi connectivity index (χ1) is 10.1. The maximum Gasteiger partial charge on any atom is 0.151 e. The Morgan fingerprint density at radius 3 is 2.57 bits per heavy atom. The van der Waals surface area contributed by atoms with Gasteiger partial charge in [0.1, 0.15) is 0 Å². The number of nitrogens with two attached hydrogens (primary N) is 1. The monoisotopic (exact) mass is 378 g/mol. The fourth-order valence-corrected chi connectivity index (χ4v) is 5.24. The second kappa shape index (κ2) is 6.48. The van der Waals surface area contributed by atoms with Gasteiger partial charge in [0.05, 0.1) is 15.5 Å². The van der Waals surface area contributed by atoms with Crippen LogP contribution in [0.1, 0.15) is 17.7 Å². The fourth-order valence-electron chi connectivity index (χ4n) is 2.17. The van der Waals surface area contributed by atoms with Gasteiger partial charge in [0.15, 0.2) is 4.34 Å². The highest BCUT2D eigenvalue weighted by molar-refractivity contribution is 9.10. The number of thioether (sulfide) groups is 1. The molecule has 5 heteroatoms. The number of fused-ring (bicyclic) bond motifs is 1. The Bertz CT molecular complexity index is 722. The Morgan fingerprint density at radius 2 is 1.86 bits per heavy atom. The molecule has 0 saturated heterocycles. The zero-order valence-electron chi connectivity index (χ0n) is 11.5. The number of hydrogen-bond donors (Lipinski definition) is 1. The maximum atomic E-state index is 6.21. The molecule has 0 amide bonds. The molecule has 1 aromatic heterocycles. The van der Waals surface area contributed by atoms with Crippen molar-refractivity contribution in [2.45, 2.75) is 22.6 Å². The molecule has 2 N–H and O–H groups in total. The third-order valence-corrected chi connectivity index (χ3v) is 6.51. The van der Waals surface area contributed by atoms with E-state index in [0.717, 1.165) is 14.3 Å². The molecule has 2 unspecified atom stereocenters. The zero-order valence-corrected chi connectivity index (χ0v) is 14.7. The minimum atomic E-state index is 0.0423. The van der Waals surface area contributed by atoms with E-state index in [9.17, 15) is 0 Å².